The minimum Gasteiger partial charge on any atom is -0.494 e. The average molecular weight is 326 g/mol. The predicted octanol–water partition coefficient (Wildman–Crippen LogP) is 2.48. The van der Waals surface area contributed by atoms with Crippen LogP contribution in [0.25, 0.3) is 0 Å². The number of rotatable bonds is 3. The highest BCUT2D eigenvalue weighted by molar-refractivity contribution is 5.93. The fourth-order valence-corrected chi connectivity index (χ4v) is 3.00. The molecule has 0 saturated carbocycles. The maximum absolute atomic E-state index is 12.4. The Morgan fingerprint density at radius 3 is 2.71 bits per heavy atom. The van der Waals surface area contributed by atoms with Gasteiger partial charge in [0.05, 0.1) is 18.1 Å². The third kappa shape index (κ3) is 2.69. The third-order valence-electron chi connectivity index (χ3n) is 4.02. The van der Waals surface area contributed by atoms with Crippen molar-refractivity contribution in [3.05, 3.63) is 52.6 Å². The lowest BCUT2D eigenvalue weighted by Crippen LogP contribution is -2.33. The Labute approximate surface area is 140 Å². The lowest BCUT2D eigenvalue weighted by molar-refractivity contribution is -0.146. The summed E-state index contributed by atoms with van der Waals surface area (Å²) in [5.41, 5.74) is 7.24. The maximum atomic E-state index is 12.4. The fourth-order valence-electron chi connectivity index (χ4n) is 3.00. The number of hydrogen-bond acceptors (Lipinski definition) is 6. The van der Waals surface area contributed by atoms with Crippen LogP contribution >= 0.6 is 0 Å². The summed E-state index contributed by atoms with van der Waals surface area (Å²) in [6, 6.07) is 9.31. The van der Waals surface area contributed by atoms with Crippen LogP contribution in [0.3, 0.4) is 0 Å². The number of carbonyl (C=O) groups is 1. The summed E-state index contributed by atoms with van der Waals surface area (Å²) in [6.45, 7) is 4.25. The van der Waals surface area contributed by atoms with Crippen LogP contribution in [0.2, 0.25) is 0 Å². The molecule has 0 bridgehead atoms. The van der Waals surface area contributed by atoms with Gasteiger partial charge >= 0.3 is 5.97 Å². The minimum atomic E-state index is -0.588. The standard InChI is InChI=1S/C18H18N2O4/c1-3-22-12-6-4-11(5-7-12)15-13(9-19)17(20)24-14-8-10(2)23-18(21)16(14)15/h4-7,10,15H,3,8,20H2,1-2H3/t10-,15+/m1/s1. The van der Waals surface area contributed by atoms with E-state index in [2.05, 4.69) is 6.07 Å². The third-order valence-corrected chi connectivity index (χ3v) is 4.02. The number of allylic oxidation sites excluding steroid dienone is 1. The highest BCUT2D eigenvalue weighted by Crippen LogP contribution is 2.43. The summed E-state index contributed by atoms with van der Waals surface area (Å²) in [4.78, 5) is 12.4. The summed E-state index contributed by atoms with van der Waals surface area (Å²) in [6.07, 6.45) is 0.155. The van der Waals surface area contributed by atoms with Crippen LogP contribution in [0.4, 0.5) is 0 Å². The van der Waals surface area contributed by atoms with E-state index in [0.29, 0.717) is 24.4 Å². The quantitative estimate of drug-likeness (QED) is 0.858. The van der Waals surface area contributed by atoms with E-state index in [-0.39, 0.29) is 17.6 Å². The number of carbonyl (C=O) groups excluding carboxylic acids is 1. The van der Waals surface area contributed by atoms with Crippen molar-refractivity contribution in [2.24, 2.45) is 5.73 Å². The van der Waals surface area contributed by atoms with Crippen molar-refractivity contribution in [3.63, 3.8) is 0 Å². The normalized spacial score (nSPS) is 23.1. The second-order valence-electron chi connectivity index (χ2n) is 5.68. The molecule has 3 rings (SSSR count). The minimum absolute atomic E-state index is 0.0389. The zero-order valence-electron chi connectivity index (χ0n) is 13.5. The topological polar surface area (TPSA) is 94.6 Å². The summed E-state index contributed by atoms with van der Waals surface area (Å²) >= 11 is 0. The Balaban J connectivity index is 2.08. The highest BCUT2D eigenvalue weighted by Gasteiger charge is 2.41. The Hall–Kier alpha value is -2.94. The first-order valence-electron chi connectivity index (χ1n) is 7.79. The van der Waals surface area contributed by atoms with E-state index in [4.69, 9.17) is 19.9 Å². The van der Waals surface area contributed by atoms with E-state index in [1.54, 1.807) is 19.1 Å². The second-order valence-corrected chi connectivity index (χ2v) is 5.68. The Morgan fingerprint density at radius 1 is 1.38 bits per heavy atom. The molecule has 2 heterocycles. The molecule has 0 aliphatic carbocycles. The Kier molecular flexibility index (Phi) is 4.17. The molecule has 1 aromatic rings. The van der Waals surface area contributed by atoms with Crippen LogP contribution in [-0.2, 0) is 14.3 Å². The van der Waals surface area contributed by atoms with E-state index < -0.39 is 11.9 Å². The molecule has 0 saturated heterocycles. The Bertz CT molecular complexity index is 771. The van der Waals surface area contributed by atoms with E-state index in [0.717, 1.165) is 11.3 Å². The Morgan fingerprint density at radius 2 is 2.08 bits per heavy atom. The number of benzene rings is 1. The van der Waals surface area contributed by atoms with Crippen LogP contribution in [0.5, 0.6) is 5.75 Å². The molecule has 0 fully saturated rings. The maximum Gasteiger partial charge on any atom is 0.338 e. The first kappa shape index (κ1) is 15.9. The van der Waals surface area contributed by atoms with Gasteiger partial charge < -0.3 is 19.9 Å². The zero-order valence-corrected chi connectivity index (χ0v) is 13.5. The molecule has 0 radical (unpaired) electrons. The molecule has 0 unspecified atom stereocenters. The van der Waals surface area contributed by atoms with Crippen LogP contribution in [-0.4, -0.2) is 18.7 Å². The molecule has 0 amide bonds. The van der Waals surface area contributed by atoms with Crippen molar-refractivity contribution in [2.45, 2.75) is 32.3 Å². The van der Waals surface area contributed by atoms with Crippen LogP contribution in [0, 0.1) is 11.3 Å². The van der Waals surface area contributed by atoms with Crippen molar-refractivity contribution in [3.8, 4) is 11.8 Å². The number of nitrogens with zero attached hydrogens (tertiary/aromatic N) is 1. The number of hydrogen-bond donors (Lipinski definition) is 1. The molecule has 2 N–H and O–H groups in total. The van der Waals surface area contributed by atoms with Gasteiger partial charge in [-0.25, -0.2) is 4.79 Å². The van der Waals surface area contributed by atoms with Gasteiger partial charge in [0.25, 0.3) is 0 Å². The molecular weight excluding hydrogens is 308 g/mol. The predicted molar refractivity (Wildman–Crippen MR) is 85.5 cm³/mol. The van der Waals surface area contributed by atoms with Crippen molar-refractivity contribution in [1.82, 2.24) is 0 Å². The first-order chi connectivity index (χ1) is 11.5. The second kappa shape index (κ2) is 6.28. The molecule has 6 nitrogen and oxygen atoms in total. The molecule has 1 aromatic carbocycles. The molecule has 2 aliphatic rings. The first-order valence-corrected chi connectivity index (χ1v) is 7.79. The zero-order chi connectivity index (χ0) is 17.3. The molecule has 0 spiro atoms. The molecule has 2 atom stereocenters. The smallest absolute Gasteiger partial charge is 0.338 e. The van der Waals surface area contributed by atoms with Crippen LogP contribution in [0.15, 0.2) is 47.1 Å². The SMILES string of the molecule is CCOc1ccc([C@H]2C(C#N)=C(N)OC3=C2C(=O)O[C@H](C)C3)cc1. The molecule has 124 valence electrons. The number of nitrogens with two attached hydrogens (primary N) is 1. The van der Waals surface area contributed by atoms with Gasteiger partial charge in [0.15, 0.2) is 0 Å². The fraction of sp³-hybridized carbons (Fsp3) is 0.333. The van der Waals surface area contributed by atoms with Gasteiger partial charge in [0.1, 0.15) is 29.3 Å². The summed E-state index contributed by atoms with van der Waals surface area (Å²) in [7, 11) is 0. The van der Waals surface area contributed by atoms with Gasteiger partial charge in [-0.1, -0.05) is 12.1 Å². The van der Waals surface area contributed by atoms with Gasteiger partial charge in [0, 0.05) is 6.42 Å². The lowest BCUT2D eigenvalue weighted by Gasteiger charge is -2.32. The average Bonchev–Trinajstić information content (AvgIpc) is 2.54. The van der Waals surface area contributed by atoms with Gasteiger partial charge in [-0.15, -0.1) is 0 Å². The number of ether oxygens (including phenoxy) is 3. The summed E-state index contributed by atoms with van der Waals surface area (Å²) in [5, 5.41) is 9.49. The monoisotopic (exact) mass is 326 g/mol. The van der Waals surface area contributed by atoms with Crippen LogP contribution < -0.4 is 10.5 Å². The van der Waals surface area contributed by atoms with E-state index >= 15 is 0 Å². The molecule has 0 aromatic heterocycles. The van der Waals surface area contributed by atoms with Gasteiger partial charge in [-0.3, -0.25) is 0 Å². The van der Waals surface area contributed by atoms with Gasteiger partial charge in [-0.05, 0) is 31.5 Å². The lowest BCUT2D eigenvalue weighted by atomic mass is 9.81. The largest absolute Gasteiger partial charge is 0.494 e. The van der Waals surface area contributed by atoms with Gasteiger partial charge in [0.2, 0.25) is 5.88 Å². The molecule has 6 heteroatoms. The van der Waals surface area contributed by atoms with Crippen molar-refractivity contribution in [2.75, 3.05) is 6.61 Å². The molecular formula is C18H18N2O4. The van der Waals surface area contributed by atoms with Crippen molar-refractivity contribution >= 4 is 5.97 Å². The van der Waals surface area contributed by atoms with Crippen molar-refractivity contribution in [1.29, 1.82) is 5.26 Å². The van der Waals surface area contributed by atoms with E-state index in [1.807, 2.05) is 19.1 Å². The summed E-state index contributed by atoms with van der Waals surface area (Å²) in [5.74, 6) is 0.182. The molecule has 2 aliphatic heterocycles. The summed E-state index contributed by atoms with van der Waals surface area (Å²) < 4.78 is 16.3. The van der Waals surface area contributed by atoms with E-state index in [1.165, 1.54) is 0 Å². The number of cyclic esters (lactones) is 1. The van der Waals surface area contributed by atoms with Crippen LogP contribution in [0.1, 0.15) is 31.7 Å². The van der Waals surface area contributed by atoms with E-state index in [9.17, 15) is 10.1 Å². The highest BCUT2D eigenvalue weighted by atomic mass is 16.6. The number of esters is 1. The molecule has 24 heavy (non-hydrogen) atoms. The van der Waals surface area contributed by atoms with Gasteiger partial charge in [-0.2, -0.15) is 5.26 Å². The van der Waals surface area contributed by atoms with Crippen molar-refractivity contribution < 1.29 is 19.0 Å². The number of nitriles is 1.